The molecule has 19 heavy (non-hydrogen) atoms. The summed E-state index contributed by atoms with van der Waals surface area (Å²) in [6.07, 6.45) is 3.91. The average molecular weight is 291 g/mol. The van der Waals surface area contributed by atoms with Gasteiger partial charge in [-0.2, -0.15) is 0 Å². The Morgan fingerprint density at radius 2 is 1.74 bits per heavy atom. The molecule has 1 aliphatic rings. The molecule has 1 N–H and O–H groups in total. The van der Waals surface area contributed by atoms with Gasteiger partial charge in [-0.3, -0.25) is 0 Å². The molecule has 114 valence electrons. The van der Waals surface area contributed by atoms with Crippen molar-refractivity contribution in [2.45, 2.75) is 25.7 Å². The first kappa shape index (κ1) is 16.9. The summed E-state index contributed by atoms with van der Waals surface area (Å²) in [4.78, 5) is 2.08. The summed E-state index contributed by atoms with van der Waals surface area (Å²) in [6.45, 7) is 3.60. The number of nitrogens with zero attached hydrogens (tertiary/aromatic N) is 2. The van der Waals surface area contributed by atoms with Gasteiger partial charge in [0.15, 0.2) is 0 Å². The van der Waals surface area contributed by atoms with Crippen LogP contribution in [0.1, 0.15) is 25.7 Å². The van der Waals surface area contributed by atoms with Crippen molar-refractivity contribution >= 4 is 10.0 Å². The summed E-state index contributed by atoms with van der Waals surface area (Å²) in [6, 6.07) is 0. The van der Waals surface area contributed by atoms with E-state index in [1.54, 1.807) is 7.05 Å². The number of hydrogen-bond acceptors (Lipinski definition) is 4. The van der Waals surface area contributed by atoms with Crippen molar-refractivity contribution in [3.8, 4) is 0 Å². The number of sulfonamides is 1. The average Bonchev–Trinajstić information content (AvgIpc) is 2.37. The fraction of sp³-hybridized carbons (Fsp3) is 1.00. The van der Waals surface area contributed by atoms with E-state index in [-0.39, 0.29) is 0 Å². The van der Waals surface area contributed by atoms with Gasteiger partial charge in [0.05, 0.1) is 5.75 Å². The SMILES string of the molecule is CN(C)CCCN(C)S(=O)(=O)CCC1CCNCC1. The zero-order chi connectivity index (χ0) is 14.3. The van der Waals surface area contributed by atoms with Crippen molar-refractivity contribution in [1.82, 2.24) is 14.5 Å². The highest BCUT2D eigenvalue weighted by Gasteiger charge is 2.21. The third-order valence-electron chi connectivity index (χ3n) is 3.80. The number of nitrogens with one attached hydrogen (secondary N) is 1. The van der Waals surface area contributed by atoms with Gasteiger partial charge in [-0.25, -0.2) is 12.7 Å². The lowest BCUT2D eigenvalue weighted by atomic mass is 9.96. The molecule has 5 nitrogen and oxygen atoms in total. The molecule has 0 saturated carbocycles. The van der Waals surface area contributed by atoms with Gasteiger partial charge < -0.3 is 10.2 Å². The van der Waals surface area contributed by atoms with Crippen LogP contribution in [0, 0.1) is 5.92 Å². The smallest absolute Gasteiger partial charge is 0.213 e. The summed E-state index contributed by atoms with van der Waals surface area (Å²) in [5.74, 6) is 0.877. The first-order chi connectivity index (χ1) is 8.92. The number of rotatable bonds is 8. The highest BCUT2D eigenvalue weighted by atomic mass is 32.2. The van der Waals surface area contributed by atoms with Gasteiger partial charge in [-0.1, -0.05) is 0 Å². The Balaban J connectivity index is 2.28. The highest BCUT2D eigenvalue weighted by Crippen LogP contribution is 2.17. The molecule has 0 radical (unpaired) electrons. The van der Waals surface area contributed by atoms with Gasteiger partial charge in [0.2, 0.25) is 10.0 Å². The Morgan fingerprint density at radius 3 is 2.32 bits per heavy atom. The lowest BCUT2D eigenvalue weighted by molar-refractivity contribution is 0.356. The van der Waals surface area contributed by atoms with Crippen LogP contribution in [-0.2, 0) is 10.0 Å². The third kappa shape index (κ3) is 6.70. The van der Waals surface area contributed by atoms with E-state index >= 15 is 0 Å². The van der Waals surface area contributed by atoms with Crippen LogP contribution in [0.5, 0.6) is 0 Å². The first-order valence-electron chi connectivity index (χ1n) is 7.21. The van der Waals surface area contributed by atoms with E-state index in [0.29, 0.717) is 18.2 Å². The predicted molar refractivity (Wildman–Crippen MR) is 79.8 cm³/mol. The largest absolute Gasteiger partial charge is 0.317 e. The van der Waals surface area contributed by atoms with Crippen LogP contribution in [0.4, 0.5) is 0 Å². The highest BCUT2D eigenvalue weighted by molar-refractivity contribution is 7.89. The maximum absolute atomic E-state index is 12.1. The van der Waals surface area contributed by atoms with E-state index in [1.165, 1.54) is 4.31 Å². The Kier molecular flexibility index (Phi) is 7.28. The van der Waals surface area contributed by atoms with Crippen molar-refractivity contribution < 1.29 is 8.42 Å². The number of hydrogen-bond donors (Lipinski definition) is 1. The van der Waals surface area contributed by atoms with Crippen LogP contribution >= 0.6 is 0 Å². The van der Waals surface area contributed by atoms with Crippen LogP contribution < -0.4 is 5.32 Å². The topological polar surface area (TPSA) is 52.7 Å². The van der Waals surface area contributed by atoms with Crippen LogP contribution in [0.3, 0.4) is 0 Å². The van der Waals surface area contributed by atoms with Crippen molar-refractivity contribution in [3.05, 3.63) is 0 Å². The normalized spacial score (nSPS) is 18.4. The minimum absolute atomic E-state index is 0.302. The van der Waals surface area contributed by atoms with E-state index in [4.69, 9.17) is 0 Å². The Labute approximate surface area is 118 Å². The maximum Gasteiger partial charge on any atom is 0.213 e. The molecule has 0 spiro atoms. The molecule has 1 rings (SSSR count). The molecule has 0 atom stereocenters. The van der Waals surface area contributed by atoms with Crippen molar-refractivity contribution in [3.63, 3.8) is 0 Å². The molecule has 1 fully saturated rings. The lowest BCUT2D eigenvalue weighted by Crippen LogP contribution is -2.34. The van der Waals surface area contributed by atoms with Gasteiger partial charge in [0.25, 0.3) is 0 Å². The molecule has 0 aliphatic carbocycles. The van der Waals surface area contributed by atoms with Crippen LogP contribution in [-0.4, -0.2) is 70.7 Å². The minimum atomic E-state index is -3.06. The summed E-state index contributed by atoms with van der Waals surface area (Å²) in [5, 5.41) is 3.31. The van der Waals surface area contributed by atoms with E-state index in [1.807, 2.05) is 14.1 Å². The molecule has 0 unspecified atom stereocenters. The first-order valence-corrected chi connectivity index (χ1v) is 8.82. The monoisotopic (exact) mass is 291 g/mol. The van der Waals surface area contributed by atoms with E-state index in [0.717, 1.165) is 45.3 Å². The van der Waals surface area contributed by atoms with Gasteiger partial charge in [-0.05, 0) is 65.3 Å². The third-order valence-corrected chi connectivity index (χ3v) is 5.68. The second kappa shape index (κ2) is 8.19. The fourth-order valence-corrected chi connectivity index (χ4v) is 3.74. The summed E-state index contributed by atoms with van der Waals surface area (Å²) < 4.78 is 25.8. The Morgan fingerprint density at radius 1 is 1.11 bits per heavy atom. The summed E-state index contributed by atoms with van der Waals surface area (Å²) >= 11 is 0. The standard InChI is InChI=1S/C13H29N3O2S/c1-15(2)10-4-11-16(3)19(17,18)12-7-13-5-8-14-9-6-13/h13-14H,4-12H2,1-3H3. The molecule has 0 aromatic rings. The molecule has 6 heteroatoms. The van der Waals surface area contributed by atoms with Crippen molar-refractivity contribution in [2.24, 2.45) is 5.92 Å². The zero-order valence-corrected chi connectivity index (χ0v) is 13.4. The van der Waals surface area contributed by atoms with Crippen LogP contribution in [0.25, 0.3) is 0 Å². The van der Waals surface area contributed by atoms with Gasteiger partial charge in [-0.15, -0.1) is 0 Å². The van der Waals surface area contributed by atoms with E-state index < -0.39 is 10.0 Å². The van der Waals surface area contributed by atoms with Gasteiger partial charge >= 0.3 is 0 Å². The van der Waals surface area contributed by atoms with Crippen molar-refractivity contribution in [2.75, 3.05) is 53.1 Å². The minimum Gasteiger partial charge on any atom is -0.317 e. The molecular formula is C13H29N3O2S. The molecule has 1 aliphatic heterocycles. The predicted octanol–water partition coefficient (Wildman–Crippen LogP) is 0.589. The molecular weight excluding hydrogens is 262 g/mol. The van der Waals surface area contributed by atoms with Crippen molar-refractivity contribution in [1.29, 1.82) is 0 Å². The summed E-state index contributed by atoms with van der Waals surface area (Å²) in [5.41, 5.74) is 0. The molecule has 0 amide bonds. The van der Waals surface area contributed by atoms with Gasteiger partial charge in [0, 0.05) is 13.6 Å². The Bertz CT molecular complexity index is 338. The summed E-state index contributed by atoms with van der Waals surface area (Å²) in [7, 11) is 2.65. The van der Waals surface area contributed by atoms with E-state index in [2.05, 4.69) is 10.2 Å². The maximum atomic E-state index is 12.1. The fourth-order valence-electron chi connectivity index (χ4n) is 2.39. The number of piperidine rings is 1. The van der Waals surface area contributed by atoms with Crippen LogP contribution in [0.15, 0.2) is 0 Å². The van der Waals surface area contributed by atoms with Gasteiger partial charge in [0.1, 0.15) is 0 Å². The molecule has 0 bridgehead atoms. The zero-order valence-electron chi connectivity index (χ0n) is 12.6. The van der Waals surface area contributed by atoms with E-state index in [9.17, 15) is 8.42 Å². The Hall–Kier alpha value is -0.170. The molecule has 1 heterocycles. The quantitative estimate of drug-likeness (QED) is 0.711. The lowest BCUT2D eigenvalue weighted by Gasteiger charge is -2.24. The molecule has 0 aromatic heterocycles. The second-order valence-corrected chi connectivity index (χ2v) is 7.97. The molecule has 1 saturated heterocycles. The second-order valence-electron chi connectivity index (χ2n) is 5.78. The van der Waals surface area contributed by atoms with Crippen LogP contribution in [0.2, 0.25) is 0 Å². The molecule has 0 aromatic carbocycles.